The van der Waals surface area contributed by atoms with Gasteiger partial charge in [-0.3, -0.25) is 29.8 Å². The van der Waals surface area contributed by atoms with Crippen LogP contribution in [0.25, 0.3) is 11.1 Å². The second-order valence-corrected chi connectivity index (χ2v) is 11.5. The predicted octanol–water partition coefficient (Wildman–Crippen LogP) is 6.46. The molecule has 45 heavy (non-hydrogen) atoms. The molecule has 8 nitrogen and oxygen atoms in total. The SMILES string of the molecule is CC1=C(c2ccc(Oc3ccc(C(C)(C)c4ccc(Oc5ccc(C6=C(C)C(=O)NC6=O)cc5)cc4)cc3)cc2)C(=O)NC1=O. The van der Waals surface area contributed by atoms with Gasteiger partial charge in [-0.15, -0.1) is 0 Å². The van der Waals surface area contributed by atoms with Crippen LogP contribution in [0.3, 0.4) is 0 Å². The van der Waals surface area contributed by atoms with Crippen molar-refractivity contribution in [1.82, 2.24) is 10.6 Å². The number of ether oxygens (including phenoxy) is 2. The number of amides is 4. The van der Waals surface area contributed by atoms with Crippen LogP contribution in [0.1, 0.15) is 49.9 Å². The highest BCUT2D eigenvalue weighted by Crippen LogP contribution is 2.35. The molecule has 0 aromatic heterocycles. The van der Waals surface area contributed by atoms with Crippen molar-refractivity contribution in [3.05, 3.63) is 130 Å². The van der Waals surface area contributed by atoms with Crippen LogP contribution in [-0.2, 0) is 24.6 Å². The van der Waals surface area contributed by atoms with E-state index in [1.165, 1.54) is 0 Å². The van der Waals surface area contributed by atoms with Crippen LogP contribution >= 0.6 is 0 Å². The zero-order valence-corrected chi connectivity index (χ0v) is 25.2. The Balaban J connectivity index is 1.10. The van der Waals surface area contributed by atoms with E-state index in [1.807, 2.05) is 48.5 Å². The molecule has 0 fully saturated rings. The van der Waals surface area contributed by atoms with Gasteiger partial charge in [-0.25, -0.2) is 0 Å². The summed E-state index contributed by atoms with van der Waals surface area (Å²) in [4.78, 5) is 47.8. The van der Waals surface area contributed by atoms with Crippen LogP contribution in [0, 0.1) is 0 Å². The monoisotopic (exact) mass is 598 g/mol. The fourth-order valence-electron chi connectivity index (χ4n) is 5.48. The molecule has 0 aliphatic carbocycles. The van der Waals surface area contributed by atoms with Gasteiger partial charge in [0, 0.05) is 16.6 Å². The van der Waals surface area contributed by atoms with Crippen LogP contribution in [0.5, 0.6) is 23.0 Å². The molecule has 0 radical (unpaired) electrons. The van der Waals surface area contributed by atoms with Crippen LogP contribution in [0.2, 0.25) is 0 Å². The molecular weight excluding hydrogens is 568 g/mol. The van der Waals surface area contributed by atoms with Crippen LogP contribution in [-0.4, -0.2) is 23.6 Å². The van der Waals surface area contributed by atoms with Gasteiger partial charge in [0.05, 0.1) is 11.1 Å². The molecular formula is C37H30N2O6. The quantitative estimate of drug-likeness (QED) is 0.225. The van der Waals surface area contributed by atoms with E-state index in [4.69, 9.17) is 9.47 Å². The fraction of sp³-hybridized carbons (Fsp3) is 0.135. The second kappa shape index (κ2) is 11.4. The molecule has 224 valence electrons. The lowest BCUT2D eigenvalue weighted by molar-refractivity contribution is -0.125. The first kappa shape index (κ1) is 29.3. The summed E-state index contributed by atoms with van der Waals surface area (Å²) in [7, 11) is 0. The first-order valence-electron chi connectivity index (χ1n) is 14.4. The molecule has 8 heteroatoms. The average molecular weight is 599 g/mol. The summed E-state index contributed by atoms with van der Waals surface area (Å²) in [5.41, 5.74) is 4.82. The van der Waals surface area contributed by atoms with Gasteiger partial charge < -0.3 is 9.47 Å². The molecule has 6 rings (SSSR count). The van der Waals surface area contributed by atoms with E-state index in [0.29, 0.717) is 56.4 Å². The van der Waals surface area contributed by atoms with Gasteiger partial charge in [-0.2, -0.15) is 0 Å². The van der Waals surface area contributed by atoms with Gasteiger partial charge in [0.25, 0.3) is 23.6 Å². The lowest BCUT2D eigenvalue weighted by atomic mass is 9.78. The molecule has 0 spiro atoms. The van der Waals surface area contributed by atoms with E-state index < -0.39 is 0 Å². The number of carbonyl (C=O) groups is 4. The summed E-state index contributed by atoms with van der Waals surface area (Å²) in [6, 6.07) is 30.0. The highest BCUT2D eigenvalue weighted by atomic mass is 16.5. The number of hydrogen-bond acceptors (Lipinski definition) is 6. The maximum absolute atomic E-state index is 12.1. The average Bonchev–Trinajstić information content (AvgIpc) is 3.44. The normalized spacial score (nSPS) is 15.0. The van der Waals surface area contributed by atoms with Gasteiger partial charge in [0.2, 0.25) is 0 Å². The molecule has 2 aliphatic heterocycles. The molecule has 2 N–H and O–H groups in total. The van der Waals surface area contributed by atoms with Crippen molar-refractivity contribution in [2.75, 3.05) is 0 Å². The summed E-state index contributed by atoms with van der Waals surface area (Å²) in [6.07, 6.45) is 0. The summed E-state index contributed by atoms with van der Waals surface area (Å²) in [5.74, 6) is 1.08. The minimum Gasteiger partial charge on any atom is -0.457 e. The smallest absolute Gasteiger partial charge is 0.259 e. The summed E-state index contributed by atoms with van der Waals surface area (Å²) in [6.45, 7) is 7.57. The van der Waals surface area contributed by atoms with Gasteiger partial charge in [-0.1, -0.05) is 62.4 Å². The minimum atomic E-state index is -0.387. The number of imide groups is 2. The second-order valence-electron chi connectivity index (χ2n) is 11.5. The van der Waals surface area contributed by atoms with Crippen molar-refractivity contribution in [3.8, 4) is 23.0 Å². The summed E-state index contributed by atoms with van der Waals surface area (Å²) >= 11 is 0. The number of hydrogen-bond donors (Lipinski definition) is 2. The molecule has 2 aliphatic rings. The minimum absolute atomic E-state index is 0.296. The molecule has 0 saturated heterocycles. The maximum Gasteiger partial charge on any atom is 0.259 e. The third-order valence-corrected chi connectivity index (χ3v) is 8.25. The molecule has 0 saturated carbocycles. The Kier molecular flexibility index (Phi) is 7.42. The first-order chi connectivity index (χ1) is 21.5. The van der Waals surface area contributed by atoms with E-state index in [2.05, 4.69) is 24.5 Å². The molecule has 0 atom stereocenters. The van der Waals surface area contributed by atoms with E-state index in [0.717, 1.165) is 11.1 Å². The lowest BCUT2D eigenvalue weighted by Gasteiger charge is -2.26. The third-order valence-electron chi connectivity index (χ3n) is 8.25. The number of nitrogens with one attached hydrogen (secondary N) is 2. The number of rotatable bonds is 8. The Hall–Kier alpha value is -5.76. The maximum atomic E-state index is 12.1. The van der Waals surface area contributed by atoms with Crippen LogP contribution in [0.4, 0.5) is 0 Å². The Morgan fingerprint density at radius 1 is 0.444 bits per heavy atom. The molecule has 0 unspecified atom stereocenters. The fourth-order valence-corrected chi connectivity index (χ4v) is 5.48. The van der Waals surface area contributed by atoms with Gasteiger partial charge >= 0.3 is 0 Å². The molecule has 4 amide bonds. The van der Waals surface area contributed by atoms with Crippen molar-refractivity contribution in [2.45, 2.75) is 33.1 Å². The van der Waals surface area contributed by atoms with E-state index in [1.54, 1.807) is 62.4 Å². The van der Waals surface area contributed by atoms with Gasteiger partial charge in [0.15, 0.2) is 0 Å². The third kappa shape index (κ3) is 5.65. The summed E-state index contributed by atoms with van der Waals surface area (Å²) in [5, 5.41) is 4.63. The summed E-state index contributed by atoms with van der Waals surface area (Å²) < 4.78 is 12.1. The van der Waals surface area contributed by atoms with Gasteiger partial charge in [0.1, 0.15) is 23.0 Å². The Morgan fingerprint density at radius 2 is 0.733 bits per heavy atom. The van der Waals surface area contributed by atoms with Crippen LogP contribution < -0.4 is 20.1 Å². The lowest BCUT2D eigenvalue weighted by Crippen LogP contribution is -2.22. The highest BCUT2D eigenvalue weighted by molar-refractivity contribution is 6.36. The van der Waals surface area contributed by atoms with Crippen molar-refractivity contribution < 1.29 is 28.7 Å². The highest BCUT2D eigenvalue weighted by Gasteiger charge is 2.29. The standard InChI is InChI=1S/C37H30N2O6/c1-21-31(35(42)38-33(21)40)23-5-13-27(14-6-23)44-29-17-9-25(10-18-29)37(3,4)26-11-19-30(20-12-26)45-28-15-7-24(8-16-28)32-22(2)34(41)39-36(32)43/h5-20H,1-4H3,(H,38,40,42)(H,39,41,43). The first-order valence-corrected chi connectivity index (χ1v) is 14.4. The van der Waals surface area contributed by atoms with E-state index >= 15 is 0 Å². The molecule has 2 heterocycles. The zero-order valence-electron chi connectivity index (χ0n) is 25.2. The Morgan fingerprint density at radius 3 is 1.00 bits per heavy atom. The Labute approximate surface area is 260 Å². The Bertz CT molecular complexity index is 1770. The molecule has 0 bridgehead atoms. The van der Waals surface area contributed by atoms with Gasteiger partial charge in [-0.05, 0) is 84.6 Å². The predicted molar refractivity (Wildman–Crippen MR) is 170 cm³/mol. The zero-order chi connectivity index (χ0) is 31.9. The van der Waals surface area contributed by atoms with Crippen molar-refractivity contribution in [3.63, 3.8) is 0 Å². The number of benzene rings is 4. The van der Waals surface area contributed by atoms with Crippen LogP contribution in [0.15, 0.2) is 108 Å². The largest absolute Gasteiger partial charge is 0.457 e. The van der Waals surface area contributed by atoms with E-state index in [-0.39, 0.29) is 29.0 Å². The number of carbonyl (C=O) groups excluding carboxylic acids is 4. The topological polar surface area (TPSA) is 111 Å². The van der Waals surface area contributed by atoms with Crippen molar-refractivity contribution >= 4 is 34.8 Å². The molecule has 4 aromatic rings. The van der Waals surface area contributed by atoms with Crippen molar-refractivity contribution in [1.29, 1.82) is 0 Å². The van der Waals surface area contributed by atoms with E-state index in [9.17, 15) is 19.2 Å². The van der Waals surface area contributed by atoms with Crippen molar-refractivity contribution in [2.24, 2.45) is 0 Å². The molecule has 4 aromatic carbocycles.